The van der Waals surface area contributed by atoms with Crippen molar-refractivity contribution in [3.05, 3.63) is 58.7 Å². The molecule has 1 fully saturated rings. The van der Waals surface area contributed by atoms with E-state index in [2.05, 4.69) is 0 Å². The minimum atomic E-state index is -0.761. The lowest BCUT2D eigenvalue weighted by molar-refractivity contribution is -0.139. The van der Waals surface area contributed by atoms with E-state index >= 15 is 0 Å². The fraction of sp³-hybridized carbons (Fsp3) is 0.429. The summed E-state index contributed by atoms with van der Waals surface area (Å²) in [5.41, 5.74) is 1.99. The Bertz CT molecular complexity index is 1140. The highest BCUT2D eigenvalue weighted by atomic mass is 16.5. The third kappa shape index (κ3) is 5.65. The SMILES string of the molecule is CCCOc1ccc(C(O)=C2C(=O)C(=O)N(CCCN(C)C)C2c2ccc(OC)c(OC)c2)cc1C. The number of aryl methyl sites for hydroxylation is 1. The summed E-state index contributed by atoms with van der Waals surface area (Å²) in [7, 11) is 6.98. The Balaban J connectivity index is 2.12. The lowest BCUT2D eigenvalue weighted by Crippen LogP contribution is -2.32. The molecule has 0 aromatic heterocycles. The number of rotatable bonds is 11. The summed E-state index contributed by atoms with van der Waals surface area (Å²) < 4.78 is 16.6. The molecule has 1 aliphatic heterocycles. The number of aliphatic hydroxyl groups excluding tert-OH is 1. The van der Waals surface area contributed by atoms with Crippen LogP contribution in [0.4, 0.5) is 0 Å². The van der Waals surface area contributed by atoms with Gasteiger partial charge < -0.3 is 29.1 Å². The molecule has 1 atom stereocenters. The van der Waals surface area contributed by atoms with Gasteiger partial charge in [-0.15, -0.1) is 0 Å². The average molecular weight is 497 g/mol. The van der Waals surface area contributed by atoms with Crippen molar-refractivity contribution in [3.8, 4) is 17.2 Å². The van der Waals surface area contributed by atoms with Gasteiger partial charge in [0, 0.05) is 12.1 Å². The van der Waals surface area contributed by atoms with Crippen molar-refractivity contribution in [2.75, 3.05) is 48.0 Å². The smallest absolute Gasteiger partial charge is 0.295 e. The first-order valence-corrected chi connectivity index (χ1v) is 12.1. The van der Waals surface area contributed by atoms with Crippen LogP contribution in [0.1, 0.15) is 42.5 Å². The van der Waals surface area contributed by atoms with Gasteiger partial charge in [0.05, 0.1) is 32.4 Å². The van der Waals surface area contributed by atoms with Crippen LogP contribution < -0.4 is 14.2 Å². The molecule has 1 aliphatic rings. The lowest BCUT2D eigenvalue weighted by Gasteiger charge is -2.26. The van der Waals surface area contributed by atoms with Gasteiger partial charge in [0.25, 0.3) is 11.7 Å². The number of carbonyl (C=O) groups excluding carboxylic acids is 2. The van der Waals surface area contributed by atoms with E-state index in [1.54, 1.807) is 43.5 Å². The van der Waals surface area contributed by atoms with Crippen molar-refractivity contribution >= 4 is 17.4 Å². The quantitative estimate of drug-likeness (QED) is 0.284. The number of methoxy groups -OCH3 is 2. The molecule has 36 heavy (non-hydrogen) atoms. The molecular formula is C28H36N2O6. The first-order valence-electron chi connectivity index (χ1n) is 12.1. The van der Waals surface area contributed by atoms with E-state index in [0.717, 1.165) is 18.5 Å². The third-order valence-corrected chi connectivity index (χ3v) is 6.18. The summed E-state index contributed by atoms with van der Waals surface area (Å²) >= 11 is 0. The molecule has 0 aliphatic carbocycles. The summed E-state index contributed by atoms with van der Waals surface area (Å²) in [5, 5.41) is 11.4. The first-order chi connectivity index (χ1) is 17.2. The van der Waals surface area contributed by atoms with Gasteiger partial charge in [-0.2, -0.15) is 0 Å². The minimum Gasteiger partial charge on any atom is -0.507 e. The molecule has 194 valence electrons. The Labute approximate surface area is 213 Å². The molecule has 0 saturated carbocycles. The molecule has 1 unspecified atom stereocenters. The molecular weight excluding hydrogens is 460 g/mol. The molecule has 1 N–H and O–H groups in total. The van der Waals surface area contributed by atoms with Gasteiger partial charge in [-0.25, -0.2) is 0 Å². The normalized spacial score (nSPS) is 17.1. The highest BCUT2D eigenvalue weighted by Gasteiger charge is 2.46. The van der Waals surface area contributed by atoms with Gasteiger partial charge in [-0.1, -0.05) is 13.0 Å². The highest BCUT2D eigenvalue weighted by Crippen LogP contribution is 2.42. The van der Waals surface area contributed by atoms with E-state index in [4.69, 9.17) is 14.2 Å². The molecule has 3 rings (SSSR count). The molecule has 2 aromatic rings. The summed E-state index contributed by atoms with van der Waals surface area (Å²) in [6, 6.07) is 9.76. The van der Waals surface area contributed by atoms with Gasteiger partial charge >= 0.3 is 0 Å². The fourth-order valence-electron chi connectivity index (χ4n) is 4.36. The first kappa shape index (κ1) is 27.1. The zero-order valence-electron chi connectivity index (χ0n) is 22.0. The van der Waals surface area contributed by atoms with E-state index in [9.17, 15) is 14.7 Å². The second kappa shape index (κ2) is 11.9. The number of ether oxygens (including phenoxy) is 3. The Morgan fingerprint density at radius 2 is 1.72 bits per heavy atom. The summed E-state index contributed by atoms with van der Waals surface area (Å²) in [4.78, 5) is 30.0. The monoisotopic (exact) mass is 496 g/mol. The number of amides is 1. The maximum Gasteiger partial charge on any atom is 0.295 e. The maximum atomic E-state index is 13.3. The molecule has 1 amide bonds. The Morgan fingerprint density at radius 1 is 1.03 bits per heavy atom. The second-order valence-electron chi connectivity index (χ2n) is 9.09. The van der Waals surface area contributed by atoms with Gasteiger partial charge in [-0.3, -0.25) is 9.59 Å². The standard InChI is InChI=1S/C28H36N2O6/c1-7-15-36-21-11-10-20(16-18(21)2)26(31)24-25(19-9-12-22(34-5)23(17-19)35-6)30(28(33)27(24)32)14-8-13-29(3)4/h9-12,16-17,25,31H,7-8,13-15H2,1-6H3. The molecule has 2 aromatic carbocycles. The maximum absolute atomic E-state index is 13.3. The third-order valence-electron chi connectivity index (χ3n) is 6.18. The number of hydrogen-bond acceptors (Lipinski definition) is 7. The fourth-order valence-corrected chi connectivity index (χ4v) is 4.36. The number of nitrogens with zero attached hydrogens (tertiary/aromatic N) is 2. The number of hydrogen-bond donors (Lipinski definition) is 1. The van der Waals surface area contributed by atoms with Gasteiger partial charge in [0.2, 0.25) is 0 Å². The molecule has 0 bridgehead atoms. The second-order valence-corrected chi connectivity index (χ2v) is 9.09. The lowest BCUT2D eigenvalue weighted by atomic mass is 9.94. The molecule has 0 spiro atoms. The number of ketones is 1. The summed E-state index contributed by atoms with van der Waals surface area (Å²) in [6.45, 7) is 5.61. The van der Waals surface area contributed by atoms with Crippen LogP contribution in [0.25, 0.3) is 5.76 Å². The van der Waals surface area contributed by atoms with Crippen molar-refractivity contribution in [1.29, 1.82) is 0 Å². The van der Waals surface area contributed by atoms with E-state index in [0.29, 0.717) is 47.9 Å². The predicted molar refractivity (Wildman–Crippen MR) is 139 cm³/mol. The average Bonchev–Trinajstić information content (AvgIpc) is 3.11. The zero-order valence-corrected chi connectivity index (χ0v) is 22.0. The highest BCUT2D eigenvalue weighted by molar-refractivity contribution is 6.46. The van der Waals surface area contributed by atoms with Crippen LogP contribution in [0, 0.1) is 6.92 Å². The van der Waals surface area contributed by atoms with Gasteiger partial charge in [0.15, 0.2) is 11.5 Å². The minimum absolute atomic E-state index is 0.0544. The van der Waals surface area contributed by atoms with Crippen LogP contribution in [0.15, 0.2) is 42.0 Å². The van der Waals surface area contributed by atoms with Crippen molar-refractivity contribution < 1.29 is 28.9 Å². The van der Waals surface area contributed by atoms with Crippen molar-refractivity contribution in [2.45, 2.75) is 32.7 Å². The van der Waals surface area contributed by atoms with Gasteiger partial charge in [0.1, 0.15) is 11.5 Å². The Morgan fingerprint density at radius 3 is 2.33 bits per heavy atom. The number of carbonyl (C=O) groups is 2. The molecule has 0 radical (unpaired) electrons. The number of likely N-dealkylation sites (tertiary alicyclic amines) is 1. The summed E-state index contributed by atoms with van der Waals surface area (Å²) in [6.07, 6.45) is 1.55. The van der Waals surface area contributed by atoms with E-state index < -0.39 is 17.7 Å². The number of Topliss-reactive ketones (excluding diaryl/α,β-unsaturated/α-hetero) is 1. The van der Waals surface area contributed by atoms with Crippen molar-refractivity contribution in [1.82, 2.24) is 9.80 Å². The van der Waals surface area contributed by atoms with Crippen LogP contribution >= 0.6 is 0 Å². The summed E-state index contributed by atoms with van der Waals surface area (Å²) in [5.74, 6) is 0.171. The van der Waals surface area contributed by atoms with Crippen molar-refractivity contribution in [3.63, 3.8) is 0 Å². The molecule has 8 nitrogen and oxygen atoms in total. The van der Waals surface area contributed by atoms with E-state index in [1.807, 2.05) is 32.8 Å². The molecule has 8 heteroatoms. The van der Waals surface area contributed by atoms with Gasteiger partial charge in [-0.05, 0) is 81.9 Å². The zero-order chi connectivity index (χ0) is 26.4. The Kier molecular flexibility index (Phi) is 8.98. The van der Waals surface area contributed by atoms with Crippen molar-refractivity contribution in [2.24, 2.45) is 0 Å². The van der Waals surface area contributed by atoms with Crippen LogP contribution in [0.2, 0.25) is 0 Å². The Hall–Kier alpha value is -3.52. The number of aliphatic hydroxyl groups is 1. The predicted octanol–water partition coefficient (Wildman–Crippen LogP) is 4.17. The van der Waals surface area contributed by atoms with E-state index in [1.165, 1.54) is 12.0 Å². The van der Waals surface area contributed by atoms with Crippen LogP contribution in [0.3, 0.4) is 0 Å². The van der Waals surface area contributed by atoms with Crippen LogP contribution in [-0.4, -0.2) is 74.6 Å². The van der Waals surface area contributed by atoms with E-state index in [-0.39, 0.29) is 11.3 Å². The molecule has 1 saturated heterocycles. The van der Waals surface area contributed by atoms with Crippen LogP contribution in [-0.2, 0) is 9.59 Å². The molecule has 1 heterocycles. The number of benzene rings is 2. The van der Waals surface area contributed by atoms with Crippen LogP contribution in [0.5, 0.6) is 17.2 Å². The topological polar surface area (TPSA) is 88.5 Å². The largest absolute Gasteiger partial charge is 0.507 e.